The maximum Gasteiger partial charge on any atom is 0.266 e. The fourth-order valence-corrected chi connectivity index (χ4v) is 3.42. The second kappa shape index (κ2) is 7.97. The van der Waals surface area contributed by atoms with Gasteiger partial charge in [-0.2, -0.15) is 0 Å². The van der Waals surface area contributed by atoms with Gasteiger partial charge in [0.1, 0.15) is 11.3 Å². The molecule has 0 spiro atoms. The standard InChI is InChI=1S/C18H16ClF4N5.ClH/c19-10-1-2-12(25-7-10)8-28-14-6-11(20)5-13(21)16(14)26-17(28)27-4-3-18(22,23)15(24)9-27;/h1-2,5-7,15H,3-4,8-9,24H2;1H. The zero-order chi connectivity index (χ0) is 20.1. The Morgan fingerprint density at radius 1 is 1.24 bits per heavy atom. The first-order valence-corrected chi connectivity index (χ1v) is 8.96. The van der Waals surface area contributed by atoms with Gasteiger partial charge in [-0.1, -0.05) is 11.6 Å². The lowest BCUT2D eigenvalue weighted by Crippen LogP contribution is -2.55. The maximum atomic E-state index is 14.3. The molecule has 2 aromatic heterocycles. The Kier molecular flexibility index (Phi) is 5.93. The predicted octanol–water partition coefficient (Wildman–Crippen LogP) is 4.01. The van der Waals surface area contributed by atoms with Crippen molar-refractivity contribution in [1.29, 1.82) is 0 Å². The second-order valence-electron chi connectivity index (χ2n) is 6.78. The van der Waals surface area contributed by atoms with Crippen LogP contribution in [-0.4, -0.2) is 39.6 Å². The van der Waals surface area contributed by atoms with Crippen molar-refractivity contribution in [2.75, 3.05) is 18.0 Å². The first-order valence-electron chi connectivity index (χ1n) is 8.58. The first-order chi connectivity index (χ1) is 13.2. The van der Waals surface area contributed by atoms with Crippen LogP contribution in [0.2, 0.25) is 5.02 Å². The number of nitrogens with two attached hydrogens (primary N) is 1. The van der Waals surface area contributed by atoms with Gasteiger partial charge in [0.2, 0.25) is 5.95 Å². The summed E-state index contributed by atoms with van der Waals surface area (Å²) in [5.74, 6) is -4.33. The molecule has 1 fully saturated rings. The molecule has 0 radical (unpaired) electrons. The van der Waals surface area contributed by atoms with E-state index in [1.54, 1.807) is 21.6 Å². The second-order valence-corrected chi connectivity index (χ2v) is 7.22. The molecule has 5 nitrogen and oxygen atoms in total. The quantitative estimate of drug-likeness (QED) is 0.613. The minimum Gasteiger partial charge on any atom is -0.340 e. The molecule has 1 aliphatic rings. The first kappa shape index (κ1) is 21.6. The van der Waals surface area contributed by atoms with Gasteiger partial charge in [-0.15, -0.1) is 12.4 Å². The summed E-state index contributed by atoms with van der Waals surface area (Å²) in [5.41, 5.74) is 6.35. The lowest BCUT2D eigenvalue weighted by Gasteiger charge is -2.37. The Morgan fingerprint density at radius 2 is 2.00 bits per heavy atom. The van der Waals surface area contributed by atoms with E-state index in [2.05, 4.69) is 9.97 Å². The highest BCUT2D eigenvalue weighted by atomic mass is 35.5. The largest absolute Gasteiger partial charge is 0.340 e. The molecule has 1 atom stereocenters. The summed E-state index contributed by atoms with van der Waals surface area (Å²) < 4.78 is 57.2. The van der Waals surface area contributed by atoms with E-state index in [4.69, 9.17) is 17.3 Å². The number of halogens is 6. The Bertz CT molecular complexity index is 1030. The summed E-state index contributed by atoms with van der Waals surface area (Å²) >= 11 is 5.85. The molecule has 156 valence electrons. The normalized spacial score (nSPS) is 18.7. The van der Waals surface area contributed by atoms with Gasteiger partial charge < -0.3 is 15.2 Å². The zero-order valence-corrected chi connectivity index (χ0v) is 16.5. The average molecular weight is 450 g/mol. The molecule has 0 amide bonds. The van der Waals surface area contributed by atoms with Crippen LogP contribution in [0.15, 0.2) is 30.5 Å². The maximum absolute atomic E-state index is 14.3. The third-order valence-electron chi connectivity index (χ3n) is 4.82. The molecular formula is C18H17Cl2F4N5. The molecule has 3 aromatic rings. The number of hydrogen-bond acceptors (Lipinski definition) is 4. The van der Waals surface area contributed by atoms with E-state index in [1.807, 2.05) is 0 Å². The summed E-state index contributed by atoms with van der Waals surface area (Å²) in [6.45, 7) is -0.0370. The molecular weight excluding hydrogens is 433 g/mol. The number of fused-ring (bicyclic) bond motifs is 1. The van der Waals surface area contributed by atoms with Gasteiger partial charge in [0, 0.05) is 37.8 Å². The van der Waals surface area contributed by atoms with E-state index in [1.165, 1.54) is 6.20 Å². The van der Waals surface area contributed by atoms with Crippen LogP contribution in [0, 0.1) is 11.6 Å². The van der Waals surface area contributed by atoms with E-state index in [0.29, 0.717) is 10.7 Å². The van der Waals surface area contributed by atoms with Gasteiger partial charge in [-0.25, -0.2) is 22.5 Å². The molecule has 0 aliphatic carbocycles. The molecule has 1 aromatic carbocycles. The van der Waals surface area contributed by atoms with Crippen LogP contribution in [0.5, 0.6) is 0 Å². The summed E-state index contributed by atoms with van der Waals surface area (Å²) in [5, 5.41) is 0.445. The van der Waals surface area contributed by atoms with Crippen LogP contribution < -0.4 is 10.6 Å². The number of benzene rings is 1. The summed E-state index contributed by atoms with van der Waals surface area (Å²) in [4.78, 5) is 10.0. The van der Waals surface area contributed by atoms with Crippen molar-refractivity contribution in [2.45, 2.75) is 24.9 Å². The molecule has 1 aliphatic heterocycles. The predicted molar refractivity (Wildman–Crippen MR) is 105 cm³/mol. The monoisotopic (exact) mass is 449 g/mol. The van der Waals surface area contributed by atoms with Crippen LogP contribution in [0.1, 0.15) is 12.1 Å². The number of anilines is 1. The molecule has 0 saturated carbocycles. The fourth-order valence-electron chi connectivity index (χ4n) is 3.31. The lowest BCUT2D eigenvalue weighted by molar-refractivity contribution is -0.0395. The zero-order valence-electron chi connectivity index (χ0n) is 15.0. The Balaban J connectivity index is 0.00000240. The Hall–Kier alpha value is -2.10. The number of alkyl halides is 2. The molecule has 2 N–H and O–H groups in total. The number of pyridine rings is 1. The molecule has 29 heavy (non-hydrogen) atoms. The average Bonchev–Trinajstić information content (AvgIpc) is 2.98. The van der Waals surface area contributed by atoms with Crippen LogP contribution in [0.25, 0.3) is 11.0 Å². The number of aromatic nitrogens is 3. The van der Waals surface area contributed by atoms with E-state index < -0.39 is 30.0 Å². The topological polar surface area (TPSA) is 60.0 Å². The van der Waals surface area contributed by atoms with E-state index in [-0.39, 0.29) is 49.0 Å². The highest BCUT2D eigenvalue weighted by Gasteiger charge is 2.42. The van der Waals surface area contributed by atoms with Crippen LogP contribution >= 0.6 is 24.0 Å². The Morgan fingerprint density at radius 3 is 2.66 bits per heavy atom. The van der Waals surface area contributed by atoms with Gasteiger partial charge in [0.15, 0.2) is 5.82 Å². The Labute approximate surface area is 174 Å². The van der Waals surface area contributed by atoms with Gasteiger partial charge >= 0.3 is 0 Å². The minimum atomic E-state index is -2.98. The highest BCUT2D eigenvalue weighted by molar-refractivity contribution is 6.30. The van der Waals surface area contributed by atoms with Crippen molar-refractivity contribution < 1.29 is 17.6 Å². The van der Waals surface area contributed by atoms with Crippen molar-refractivity contribution in [1.82, 2.24) is 14.5 Å². The van der Waals surface area contributed by atoms with Crippen LogP contribution in [-0.2, 0) is 6.54 Å². The number of hydrogen-bond donors (Lipinski definition) is 1. The molecule has 11 heteroatoms. The lowest BCUT2D eigenvalue weighted by atomic mass is 10.0. The van der Waals surface area contributed by atoms with Crippen molar-refractivity contribution in [3.63, 3.8) is 0 Å². The number of imidazole rings is 1. The fraction of sp³-hybridized carbons (Fsp3) is 0.333. The number of rotatable bonds is 3. The molecule has 0 bridgehead atoms. The highest BCUT2D eigenvalue weighted by Crippen LogP contribution is 2.32. The summed E-state index contributed by atoms with van der Waals surface area (Å²) in [6.07, 6.45) is 1.00. The van der Waals surface area contributed by atoms with Gasteiger partial charge in [-0.05, 0) is 12.1 Å². The van der Waals surface area contributed by atoms with E-state index >= 15 is 0 Å². The van der Waals surface area contributed by atoms with E-state index in [0.717, 1.165) is 12.1 Å². The third-order valence-corrected chi connectivity index (χ3v) is 5.04. The molecule has 4 rings (SSSR count). The van der Waals surface area contributed by atoms with Gasteiger partial charge in [0.25, 0.3) is 5.92 Å². The van der Waals surface area contributed by atoms with Crippen LogP contribution in [0.4, 0.5) is 23.5 Å². The summed E-state index contributed by atoms with van der Waals surface area (Å²) in [6, 6.07) is 3.82. The number of nitrogens with zero attached hydrogens (tertiary/aromatic N) is 4. The SMILES string of the molecule is Cl.NC1CN(c2nc3c(F)cc(F)cc3n2Cc2ccc(Cl)cn2)CCC1(F)F. The van der Waals surface area contributed by atoms with Crippen molar-refractivity contribution in [2.24, 2.45) is 5.73 Å². The van der Waals surface area contributed by atoms with Gasteiger partial charge in [-0.3, -0.25) is 4.98 Å². The van der Waals surface area contributed by atoms with Crippen molar-refractivity contribution in [3.8, 4) is 0 Å². The minimum absolute atomic E-state index is 0. The van der Waals surface area contributed by atoms with E-state index in [9.17, 15) is 17.6 Å². The molecule has 1 unspecified atom stereocenters. The van der Waals surface area contributed by atoms with Crippen LogP contribution in [0.3, 0.4) is 0 Å². The molecule has 3 heterocycles. The van der Waals surface area contributed by atoms with Gasteiger partial charge in [0.05, 0.1) is 28.8 Å². The molecule has 1 saturated heterocycles. The smallest absolute Gasteiger partial charge is 0.266 e. The van der Waals surface area contributed by atoms with Crippen molar-refractivity contribution in [3.05, 3.63) is 52.8 Å². The van der Waals surface area contributed by atoms with Crippen molar-refractivity contribution >= 4 is 41.0 Å². The third kappa shape index (κ3) is 4.12. The summed E-state index contributed by atoms with van der Waals surface area (Å²) in [7, 11) is 0. The number of piperidine rings is 1.